The summed E-state index contributed by atoms with van der Waals surface area (Å²) in [5.74, 6) is -0.353. The average molecular weight is 369 g/mol. The maximum atomic E-state index is 13.0. The molecule has 3 rings (SSSR count). The van der Waals surface area contributed by atoms with E-state index >= 15 is 0 Å². The van der Waals surface area contributed by atoms with Crippen molar-refractivity contribution in [1.29, 1.82) is 0 Å². The fourth-order valence-corrected chi connectivity index (χ4v) is 3.58. The van der Waals surface area contributed by atoms with Crippen molar-refractivity contribution in [2.45, 2.75) is 18.4 Å². The molecule has 144 valence electrons. The molecule has 1 fully saturated rings. The van der Waals surface area contributed by atoms with Gasteiger partial charge in [0.15, 0.2) is 0 Å². The summed E-state index contributed by atoms with van der Waals surface area (Å²) in [6.45, 7) is 1.33. The molecule has 1 saturated heterocycles. The summed E-state index contributed by atoms with van der Waals surface area (Å²) in [5.41, 5.74) is 2.06. The average Bonchev–Trinajstić information content (AvgIpc) is 3.30. The largest absolute Gasteiger partial charge is 0.347 e. The van der Waals surface area contributed by atoms with Gasteiger partial charge in [0, 0.05) is 52.8 Å². The van der Waals surface area contributed by atoms with Crippen LogP contribution < -0.4 is 10.6 Å². The summed E-state index contributed by atoms with van der Waals surface area (Å²) in [6.07, 6.45) is 4.23. The highest BCUT2D eigenvalue weighted by molar-refractivity contribution is 5.89. The third-order valence-corrected chi connectivity index (χ3v) is 5.04. The molecule has 2 aromatic rings. The van der Waals surface area contributed by atoms with Crippen LogP contribution in [0.3, 0.4) is 0 Å². The number of aromatic nitrogens is 2. The molecule has 2 heterocycles. The van der Waals surface area contributed by atoms with E-state index in [9.17, 15) is 9.59 Å². The highest BCUT2D eigenvalue weighted by Gasteiger charge is 2.36. The maximum absolute atomic E-state index is 13.0. The Morgan fingerprint density at radius 1 is 1.30 bits per heavy atom. The Bertz CT molecular complexity index is 787. The van der Waals surface area contributed by atoms with Gasteiger partial charge < -0.3 is 15.5 Å². The lowest BCUT2D eigenvalue weighted by molar-refractivity contribution is -0.135. The molecule has 7 nitrogen and oxygen atoms in total. The van der Waals surface area contributed by atoms with E-state index in [0.717, 1.165) is 17.7 Å². The molecule has 0 saturated carbocycles. The first kappa shape index (κ1) is 19.1. The maximum Gasteiger partial charge on any atom is 0.244 e. The number of hydrogen-bond donors (Lipinski definition) is 2. The SMILES string of the molecule is CN(C)C(=O)C(Cc1ccccc1)NC(=O)[C@H]1CNC[C@@H]1c1cnn(C)c1. The number of rotatable bonds is 6. The Balaban J connectivity index is 1.74. The molecule has 1 aromatic heterocycles. The van der Waals surface area contributed by atoms with Crippen molar-refractivity contribution >= 4 is 11.8 Å². The fraction of sp³-hybridized carbons (Fsp3) is 0.450. The smallest absolute Gasteiger partial charge is 0.244 e. The number of aryl methyl sites for hydroxylation is 1. The summed E-state index contributed by atoms with van der Waals surface area (Å²) in [6, 6.07) is 9.18. The molecule has 3 atom stereocenters. The Hall–Kier alpha value is -2.67. The monoisotopic (exact) mass is 369 g/mol. The Morgan fingerprint density at radius 3 is 2.67 bits per heavy atom. The summed E-state index contributed by atoms with van der Waals surface area (Å²) in [5, 5.41) is 10.5. The van der Waals surface area contributed by atoms with Crippen molar-refractivity contribution in [2.75, 3.05) is 27.2 Å². The molecule has 0 spiro atoms. The lowest BCUT2D eigenvalue weighted by Gasteiger charge is -2.25. The zero-order valence-electron chi connectivity index (χ0n) is 16.1. The van der Waals surface area contributed by atoms with Gasteiger partial charge in [-0.25, -0.2) is 0 Å². The molecular weight excluding hydrogens is 342 g/mol. The van der Waals surface area contributed by atoms with Crippen LogP contribution in [0.5, 0.6) is 0 Å². The number of benzene rings is 1. The predicted molar refractivity (Wildman–Crippen MR) is 103 cm³/mol. The molecule has 1 aliphatic rings. The second-order valence-corrected chi connectivity index (χ2v) is 7.30. The number of amides is 2. The summed E-state index contributed by atoms with van der Waals surface area (Å²) < 4.78 is 1.75. The molecule has 7 heteroatoms. The first-order valence-electron chi connectivity index (χ1n) is 9.20. The summed E-state index contributed by atoms with van der Waals surface area (Å²) in [4.78, 5) is 27.2. The van der Waals surface area contributed by atoms with Gasteiger partial charge in [-0.2, -0.15) is 5.10 Å². The van der Waals surface area contributed by atoms with Crippen molar-refractivity contribution < 1.29 is 9.59 Å². The van der Waals surface area contributed by atoms with Gasteiger partial charge in [-0.3, -0.25) is 14.3 Å². The zero-order valence-corrected chi connectivity index (χ0v) is 16.1. The van der Waals surface area contributed by atoms with E-state index in [1.54, 1.807) is 18.8 Å². The number of carbonyl (C=O) groups excluding carboxylic acids is 2. The van der Waals surface area contributed by atoms with Crippen LogP contribution >= 0.6 is 0 Å². The third kappa shape index (κ3) is 4.54. The van der Waals surface area contributed by atoms with Crippen LogP contribution in [0.2, 0.25) is 0 Å². The van der Waals surface area contributed by atoms with Crippen molar-refractivity contribution in [3.05, 3.63) is 53.9 Å². The van der Waals surface area contributed by atoms with Crippen LogP contribution in [0.4, 0.5) is 0 Å². The van der Waals surface area contributed by atoms with Gasteiger partial charge >= 0.3 is 0 Å². The van der Waals surface area contributed by atoms with Crippen LogP contribution in [0.15, 0.2) is 42.7 Å². The van der Waals surface area contributed by atoms with Crippen LogP contribution in [-0.2, 0) is 23.1 Å². The Labute approximate surface area is 159 Å². The topological polar surface area (TPSA) is 79.3 Å². The molecule has 0 radical (unpaired) electrons. The summed E-state index contributed by atoms with van der Waals surface area (Å²) >= 11 is 0. The third-order valence-electron chi connectivity index (χ3n) is 5.04. The minimum Gasteiger partial charge on any atom is -0.347 e. The van der Waals surface area contributed by atoms with Gasteiger partial charge in [0.1, 0.15) is 6.04 Å². The van der Waals surface area contributed by atoms with Crippen molar-refractivity contribution in [3.8, 4) is 0 Å². The molecule has 1 aliphatic heterocycles. The second kappa shape index (κ2) is 8.35. The molecular formula is C20H27N5O2. The van der Waals surface area contributed by atoms with E-state index < -0.39 is 6.04 Å². The van der Waals surface area contributed by atoms with Gasteiger partial charge in [0.05, 0.1) is 12.1 Å². The van der Waals surface area contributed by atoms with E-state index in [1.807, 2.05) is 49.8 Å². The summed E-state index contributed by atoms with van der Waals surface area (Å²) in [7, 11) is 5.29. The van der Waals surface area contributed by atoms with Crippen LogP contribution in [0, 0.1) is 5.92 Å². The van der Waals surface area contributed by atoms with Crippen LogP contribution in [-0.4, -0.2) is 59.7 Å². The number of likely N-dealkylation sites (N-methyl/N-ethyl adjacent to an activating group) is 1. The van der Waals surface area contributed by atoms with Crippen LogP contribution in [0.1, 0.15) is 17.0 Å². The number of carbonyl (C=O) groups is 2. The minimum atomic E-state index is -0.579. The normalized spacial score (nSPS) is 20.3. The van der Waals surface area contributed by atoms with Crippen molar-refractivity contribution in [1.82, 2.24) is 25.3 Å². The first-order valence-corrected chi connectivity index (χ1v) is 9.20. The van der Waals surface area contributed by atoms with Crippen molar-refractivity contribution in [3.63, 3.8) is 0 Å². The predicted octanol–water partition coefficient (Wildman–Crippen LogP) is 0.539. The van der Waals surface area contributed by atoms with Gasteiger partial charge in [-0.05, 0) is 11.1 Å². The lowest BCUT2D eigenvalue weighted by atomic mass is 9.90. The molecule has 0 bridgehead atoms. The lowest BCUT2D eigenvalue weighted by Crippen LogP contribution is -2.50. The van der Waals surface area contributed by atoms with Gasteiger partial charge in [-0.15, -0.1) is 0 Å². The van der Waals surface area contributed by atoms with E-state index in [-0.39, 0.29) is 23.7 Å². The molecule has 27 heavy (non-hydrogen) atoms. The van der Waals surface area contributed by atoms with Gasteiger partial charge in [0.2, 0.25) is 11.8 Å². The van der Waals surface area contributed by atoms with Crippen molar-refractivity contribution in [2.24, 2.45) is 13.0 Å². The van der Waals surface area contributed by atoms with E-state index in [1.165, 1.54) is 4.90 Å². The van der Waals surface area contributed by atoms with E-state index in [2.05, 4.69) is 15.7 Å². The standard InChI is InChI=1S/C20H27N5O2/c1-24(2)20(27)18(9-14-7-5-4-6-8-14)23-19(26)17-12-21-11-16(17)15-10-22-25(3)13-15/h4-8,10,13,16-18,21H,9,11-12H2,1-3H3,(H,23,26)/t16-,17+,18?/m1/s1. The zero-order chi connectivity index (χ0) is 19.4. The molecule has 0 aliphatic carbocycles. The molecule has 2 amide bonds. The number of nitrogens with one attached hydrogen (secondary N) is 2. The van der Waals surface area contributed by atoms with Gasteiger partial charge in [0.25, 0.3) is 0 Å². The van der Waals surface area contributed by atoms with Gasteiger partial charge in [-0.1, -0.05) is 30.3 Å². The molecule has 1 unspecified atom stereocenters. The number of nitrogens with zero attached hydrogens (tertiary/aromatic N) is 3. The quantitative estimate of drug-likeness (QED) is 0.779. The first-order chi connectivity index (χ1) is 13.0. The second-order valence-electron chi connectivity index (χ2n) is 7.30. The highest BCUT2D eigenvalue weighted by atomic mass is 16.2. The highest BCUT2D eigenvalue weighted by Crippen LogP contribution is 2.28. The molecule has 1 aromatic carbocycles. The Morgan fingerprint density at radius 2 is 2.04 bits per heavy atom. The van der Waals surface area contributed by atoms with Crippen LogP contribution in [0.25, 0.3) is 0 Å². The Kier molecular flexibility index (Phi) is 5.91. The van der Waals surface area contributed by atoms with E-state index in [4.69, 9.17) is 0 Å². The minimum absolute atomic E-state index is 0.0607. The number of hydrogen-bond acceptors (Lipinski definition) is 4. The molecule has 2 N–H and O–H groups in total. The van der Waals surface area contributed by atoms with E-state index in [0.29, 0.717) is 13.0 Å². The fourth-order valence-electron chi connectivity index (χ4n) is 3.58.